The molecule has 2 saturated carbocycles. The van der Waals surface area contributed by atoms with E-state index in [0.29, 0.717) is 74.4 Å². The molecule has 2 atom stereocenters. The first-order chi connectivity index (χ1) is 28.9. The molecule has 322 valence electrons. The molecule has 1 aromatic carbocycles. The van der Waals surface area contributed by atoms with Crippen molar-refractivity contribution in [3.05, 3.63) is 75.1 Å². The maximum atomic E-state index is 13.5. The van der Waals surface area contributed by atoms with Crippen LogP contribution in [0.1, 0.15) is 92.7 Å². The molecule has 3 aromatic rings. The van der Waals surface area contributed by atoms with Gasteiger partial charge in [0.2, 0.25) is 23.6 Å². The van der Waals surface area contributed by atoms with E-state index < -0.39 is 11.8 Å². The number of halogens is 3. The van der Waals surface area contributed by atoms with Crippen LogP contribution in [0.3, 0.4) is 0 Å². The number of hydrogen-bond donors (Lipinski definition) is 4. The number of rotatable bonds is 16. The zero-order valence-electron chi connectivity index (χ0n) is 33.8. The summed E-state index contributed by atoms with van der Waals surface area (Å²) in [7, 11) is 3.22. The van der Waals surface area contributed by atoms with Gasteiger partial charge in [-0.05, 0) is 93.7 Å². The number of carbonyl (C=O) groups excluding carboxylic acids is 5. The summed E-state index contributed by atoms with van der Waals surface area (Å²) in [6.45, 7) is 1.25. The molecule has 0 unspecified atom stereocenters. The number of aromatic nitrogens is 2. The van der Waals surface area contributed by atoms with E-state index in [9.17, 15) is 24.0 Å². The summed E-state index contributed by atoms with van der Waals surface area (Å²) in [5.74, 6) is -1.52. The van der Waals surface area contributed by atoms with Gasteiger partial charge in [-0.1, -0.05) is 40.9 Å². The van der Waals surface area contributed by atoms with Crippen LogP contribution < -0.4 is 21.3 Å². The summed E-state index contributed by atoms with van der Waals surface area (Å²) in [5, 5.41) is 12.4. The van der Waals surface area contributed by atoms with Crippen LogP contribution in [0.2, 0.25) is 15.1 Å². The van der Waals surface area contributed by atoms with E-state index in [0.717, 1.165) is 31.2 Å². The summed E-state index contributed by atoms with van der Waals surface area (Å²) >= 11 is 19.1. The van der Waals surface area contributed by atoms with Crippen molar-refractivity contribution in [1.29, 1.82) is 0 Å². The Labute approximate surface area is 365 Å². The normalized spacial score (nSPS) is 22.9. The van der Waals surface area contributed by atoms with E-state index in [1.165, 1.54) is 19.2 Å². The summed E-state index contributed by atoms with van der Waals surface area (Å²) in [4.78, 5) is 74.3. The number of nitrogens with one attached hydrogen (secondary N) is 4. The summed E-state index contributed by atoms with van der Waals surface area (Å²) in [6, 6.07) is 9.66. The fraction of sp³-hybridized carbons (Fsp3) is 0.512. The minimum atomic E-state index is -0.475. The van der Waals surface area contributed by atoms with Crippen LogP contribution in [-0.2, 0) is 28.7 Å². The number of ether oxygens (including phenoxy) is 2. The molecule has 5 amide bonds. The average Bonchev–Trinajstić information content (AvgIpc) is 3.56. The maximum Gasteiger partial charge on any atom is 0.269 e. The number of benzene rings is 1. The molecule has 1 aliphatic heterocycles. The van der Waals surface area contributed by atoms with Gasteiger partial charge in [-0.25, -0.2) is 4.98 Å². The molecular formula is C43H52Cl3N7O7. The van der Waals surface area contributed by atoms with Crippen molar-refractivity contribution >= 4 is 70.2 Å². The van der Waals surface area contributed by atoms with Crippen molar-refractivity contribution in [3.8, 4) is 11.1 Å². The molecule has 14 nitrogen and oxygen atoms in total. The topological polar surface area (TPSA) is 181 Å². The first-order valence-corrected chi connectivity index (χ1v) is 21.7. The minimum Gasteiger partial charge on any atom is -0.378 e. The van der Waals surface area contributed by atoms with Crippen molar-refractivity contribution in [2.45, 2.75) is 94.9 Å². The predicted molar refractivity (Wildman–Crippen MR) is 229 cm³/mol. The van der Waals surface area contributed by atoms with E-state index in [2.05, 4.69) is 31.2 Å². The zero-order valence-corrected chi connectivity index (χ0v) is 36.1. The highest BCUT2D eigenvalue weighted by Gasteiger charge is 2.42. The molecule has 1 saturated heterocycles. The fourth-order valence-corrected chi connectivity index (χ4v) is 8.99. The van der Waals surface area contributed by atoms with Gasteiger partial charge in [0.25, 0.3) is 5.91 Å². The smallest absolute Gasteiger partial charge is 0.269 e. The molecule has 4 N–H and O–H groups in total. The molecule has 2 aromatic heterocycles. The molecule has 17 heteroatoms. The molecule has 0 spiro atoms. The Morgan fingerprint density at radius 3 is 2.28 bits per heavy atom. The van der Waals surface area contributed by atoms with Crippen molar-refractivity contribution in [3.63, 3.8) is 0 Å². The monoisotopic (exact) mass is 883 g/mol. The Kier molecular flexibility index (Phi) is 16.2. The number of hydrogen-bond acceptors (Lipinski definition) is 9. The van der Waals surface area contributed by atoms with Crippen LogP contribution in [0.15, 0.2) is 48.8 Å². The standard InChI is InChI=1S/C43H52Cl3N7O7/c1-47-43(58)35-16-15-31(32-21-27(44)22-34(45)38(32)46)40(51-35)52-41(56)25-7-9-28(10-8-25)50-36(54)6-4-19-59-29-11-13-30(14-12-29)60-20-18-49-42(57)33-23-37(55)53(2)39(33)26-5-3-17-48-24-26/h3,5,15-17,21-22,24-25,28-30,33,39H,4,6-14,18-20,23H2,1-2H3,(H,47,58)(H,49,57)(H,50,54)(H,51,52,56)/t25?,28?,29?,30?,33-,39+/m0/s1. The predicted octanol–water partition coefficient (Wildman–Crippen LogP) is 6.54. The minimum absolute atomic E-state index is 0.0267. The van der Waals surface area contributed by atoms with E-state index in [1.807, 2.05) is 12.1 Å². The molecule has 0 radical (unpaired) electrons. The van der Waals surface area contributed by atoms with Gasteiger partial charge in [0.15, 0.2) is 0 Å². The second-order valence-electron chi connectivity index (χ2n) is 15.6. The second-order valence-corrected chi connectivity index (χ2v) is 16.8. The van der Waals surface area contributed by atoms with Crippen LogP contribution in [0.5, 0.6) is 0 Å². The highest BCUT2D eigenvalue weighted by atomic mass is 35.5. The molecule has 6 rings (SSSR count). The highest BCUT2D eigenvalue weighted by Crippen LogP contribution is 2.40. The van der Waals surface area contributed by atoms with Gasteiger partial charge in [0.05, 0.1) is 40.8 Å². The average molecular weight is 885 g/mol. The lowest BCUT2D eigenvalue weighted by Crippen LogP contribution is -2.39. The SMILES string of the molecule is CNC(=O)c1ccc(-c2cc(Cl)cc(Cl)c2Cl)c(NC(=O)C2CCC(NC(=O)CCCOC3CCC(OCCNC(=O)[C@H]4CC(=O)N(C)[C@@H]4c4cccnc4)CC3)CC2)n1. The summed E-state index contributed by atoms with van der Waals surface area (Å²) in [6.07, 6.45) is 10.6. The lowest BCUT2D eigenvalue weighted by molar-refractivity contribution is -0.128. The number of anilines is 1. The Morgan fingerprint density at radius 1 is 0.883 bits per heavy atom. The van der Waals surface area contributed by atoms with Gasteiger partial charge in [0.1, 0.15) is 11.5 Å². The Bertz CT molecular complexity index is 2010. The molecule has 2 aliphatic carbocycles. The summed E-state index contributed by atoms with van der Waals surface area (Å²) in [5.41, 5.74) is 1.90. The molecule has 60 heavy (non-hydrogen) atoms. The fourth-order valence-electron chi connectivity index (χ4n) is 8.29. The first-order valence-electron chi connectivity index (χ1n) is 20.6. The molecule has 3 aliphatic rings. The summed E-state index contributed by atoms with van der Waals surface area (Å²) < 4.78 is 12.2. The zero-order chi connectivity index (χ0) is 42.8. The number of carbonyl (C=O) groups is 5. The molecule has 3 heterocycles. The number of nitrogens with zero attached hydrogens (tertiary/aromatic N) is 3. The van der Waals surface area contributed by atoms with Crippen LogP contribution in [0, 0.1) is 11.8 Å². The number of amides is 5. The largest absolute Gasteiger partial charge is 0.378 e. The Balaban J connectivity index is 0.847. The molecule has 3 fully saturated rings. The third-order valence-corrected chi connectivity index (χ3v) is 12.6. The Morgan fingerprint density at radius 2 is 1.60 bits per heavy atom. The molecular weight excluding hydrogens is 833 g/mol. The lowest BCUT2D eigenvalue weighted by Gasteiger charge is -2.29. The lowest BCUT2D eigenvalue weighted by atomic mass is 9.85. The van der Waals surface area contributed by atoms with Gasteiger partial charge < -0.3 is 35.6 Å². The van der Waals surface area contributed by atoms with Crippen molar-refractivity contribution in [1.82, 2.24) is 30.8 Å². The van der Waals surface area contributed by atoms with E-state index in [-0.39, 0.29) is 81.8 Å². The third kappa shape index (κ3) is 11.7. The van der Waals surface area contributed by atoms with Crippen molar-refractivity contribution in [2.75, 3.05) is 39.2 Å². The van der Waals surface area contributed by atoms with E-state index in [1.54, 1.807) is 36.5 Å². The van der Waals surface area contributed by atoms with Crippen LogP contribution >= 0.6 is 34.8 Å². The van der Waals surface area contributed by atoms with Gasteiger partial charge in [0, 0.05) is 80.6 Å². The van der Waals surface area contributed by atoms with Crippen molar-refractivity contribution in [2.24, 2.45) is 11.8 Å². The Hall–Kier alpha value is -4.34. The van der Waals surface area contributed by atoms with Crippen LogP contribution in [-0.4, -0.2) is 96.5 Å². The first kappa shape index (κ1) is 45.2. The maximum absolute atomic E-state index is 13.5. The van der Waals surface area contributed by atoms with Gasteiger partial charge in [-0.3, -0.25) is 29.0 Å². The van der Waals surface area contributed by atoms with Gasteiger partial charge in [-0.15, -0.1) is 0 Å². The third-order valence-electron chi connectivity index (χ3n) is 11.6. The van der Waals surface area contributed by atoms with Gasteiger partial charge >= 0.3 is 0 Å². The van der Waals surface area contributed by atoms with Gasteiger partial charge in [-0.2, -0.15) is 0 Å². The van der Waals surface area contributed by atoms with E-state index >= 15 is 0 Å². The molecule has 0 bridgehead atoms. The van der Waals surface area contributed by atoms with Crippen LogP contribution in [0.25, 0.3) is 11.1 Å². The highest BCUT2D eigenvalue weighted by molar-refractivity contribution is 6.45. The number of pyridine rings is 2. The quantitative estimate of drug-likeness (QED) is 0.0918. The van der Waals surface area contributed by atoms with Crippen LogP contribution in [0.4, 0.5) is 5.82 Å². The number of likely N-dealkylation sites (tertiary alicyclic amines) is 1. The van der Waals surface area contributed by atoms with E-state index in [4.69, 9.17) is 44.3 Å². The van der Waals surface area contributed by atoms with Crippen molar-refractivity contribution < 1.29 is 33.4 Å². The second kappa shape index (κ2) is 21.4.